The van der Waals surface area contributed by atoms with Crippen molar-refractivity contribution in [2.75, 3.05) is 0 Å². The van der Waals surface area contributed by atoms with E-state index in [0.29, 0.717) is 5.92 Å². The van der Waals surface area contributed by atoms with Crippen molar-refractivity contribution >= 4 is 21.5 Å². The zero-order valence-electron chi connectivity index (χ0n) is 29.3. The van der Waals surface area contributed by atoms with Crippen LogP contribution < -0.4 is 0 Å². The average molecular weight is 763 g/mol. The first-order chi connectivity index (χ1) is 20.8. The van der Waals surface area contributed by atoms with E-state index < -0.39 is 0 Å². The van der Waals surface area contributed by atoms with Crippen LogP contribution in [0, 0.1) is 18.9 Å². The van der Waals surface area contributed by atoms with Gasteiger partial charge < -0.3 is 6.08 Å². The molecule has 0 radical (unpaired) electrons. The fraction of sp³-hybridized carbons (Fsp3) is 0.386. The molecule has 5 aromatic rings. The van der Waals surface area contributed by atoms with Gasteiger partial charge in [-0.1, -0.05) is 128 Å². The van der Waals surface area contributed by atoms with Crippen LogP contribution in [0.5, 0.6) is 0 Å². The molecule has 0 N–H and O–H groups in total. The van der Waals surface area contributed by atoms with Crippen LogP contribution >= 0.6 is 0 Å². The molecule has 236 valence electrons. The van der Waals surface area contributed by atoms with Crippen molar-refractivity contribution in [3.8, 4) is 0 Å². The number of rotatable bonds is 2. The molecule has 5 aromatic carbocycles. The fourth-order valence-electron chi connectivity index (χ4n) is 5.49. The minimum absolute atomic E-state index is 0. The molecule has 1 aliphatic rings. The molecule has 0 aliphatic heterocycles. The first-order valence-electron chi connectivity index (χ1n) is 16.5. The Bertz CT molecular complexity index is 1440. The molecule has 0 amide bonds. The molecule has 0 spiro atoms. The molecule has 0 aromatic heterocycles. The van der Waals surface area contributed by atoms with Crippen LogP contribution in [-0.4, -0.2) is 0 Å². The predicted octanol–water partition coefficient (Wildman–Crippen LogP) is 13.3. The number of hydrogen-bond acceptors (Lipinski definition) is 0. The summed E-state index contributed by atoms with van der Waals surface area (Å²) in [6, 6.07) is 34.5. The Morgan fingerprint density at radius 3 is 1.53 bits per heavy atom. The molecule has 1 fully saturated rings. The van der Waals surface area contributed by atoms with Gasteiger partial charge in [-0.3, -0.25) is 6.58 Å². The summed E-state index contributed by atoms with van der Waals surface area (Å²) in [5.74, 6) is 1.35. The summed E-state index contributed by atoms with van der Waals surface area (Å²) in [6.07, 6.45) is 9.95. The van der Waals surface area contributed by atoms with Crippen molar-refractivity contribution in [1.29, 1.82) is 0 Å². The second kappa shape index (κ2) is 17.9. The minimum Gasteiger partial charge on any atom is -0.501 e. The van der Waals surface area contributed by atoms with E-state index in [2.05, 4.69) is 142 Å². The van der Waals surface area contributed by atoms with Gasteiger partial charge in [0.1, 0.15) is 0 Å². The topological polar surface area (TPSA) is 0 Å². The Balaban J connectivity index is 0.000000243. The molecule has 1 heteroatoms. The molecule has 0 unspecified atom stereocenters. The molecule has 6 rings (SSSR count). The van der Waals surface area contributed by atoms with Gasteiger partial charge >= 0.3 is 25.8 Å². The van der Waals surface area contributed by atoms with E-state index in [4.69, 9.17) is 0 Å². The van der Waals surface area contributed by atoms with Crippen molar-refractivity contribution in [3.05, 3.63) is 139 Å². The molecule has 0 heterocycles. The van der Waals surface area contributed by atoms with Crippen LogP contribution in [0.2, 0.25) is 0 Å². The van der Waals surface area contributed by atoms with Crippen molar-refractivity contribution in [3.63, 3.8) is 0 Å². The van der Waals surface area contributed by atoms with Gasteiger partial charge in [-0.25, -0.2) is 12.1 Å². The molecular weight excluding hydrogens is 707 g/mol. The summed E-state index contributed by atoms with van der Waals surface area (Å²) in [5.41, 5.74) is 5.68. The molecule has 1 aliphatic carbocycles. The monoisotopic (exact) mass is 764 g/mol. The van der Waals surface area contributed by atoms with Gasteiger partial charge in [0.15, 0.2) is 0 Å². The van der Waals surface area contributed by atoms with Gasteiger partial charge in [0.2, 0.25) is 0 Å². The third-order valence-corrected chi connectivity index (χ3v) is 8.53. The maximum atomic E-state index is 3.82. The Morgan fingerprint density at radius 1 is 0.733 bits per heavy atom. The standard InChI is InChI=1S/C21H25.C10H13.C8H13.C5H5.Hf/c1-20(2,3)16-7-9-18-14(12-16)11-15-13-17(21(4,5)6)8-10-19(15)18;1-8(2)10-6-4-9(3)5-7-10;1-2-8-6-4-3-5-7-8;1-2-4-5-3-1;/h7-13H,1-6H3;4-8H,3H2,1-2H3;8H,1,3-7H2;1-5H;/q4*-1;+4. The van der Waals surface area contributed by atoms with E-state index >= 15 is 0 Å². The van der Waals surface area contributed by atoms with E-state index in [9.17, 15) is 0 Å². The number of allylic oxidation sites excluding steroid dienone is 1. The van der Waals surface area contributed by atoms with Crippen LogP contribution in [0.1, 0.15) is 116 Å². The normalized spacial score (nSPS) is 13.4. The predicted molar refractivity (Wildman–Crippen MR) is 197 cm³/mol. The van der Waals surface area contributed by atoms with Crippen LogP contribution in [0.15, 0.2) is 104 Å². The van der Waals surface area contributed by atoms with Gasteiger partial charge in [-0.05, 0) is 16.7 Å². The molecule has 45 heavy (non-hydrogen) atoms. The molecule has 0 bridgehead atoms. The first-order valence-corrected chi connectivity index (χ1v) is 16.5. The minimum atomic E-state index is 0. The average Bonchev–Trinajstić information content (AvgIpc) is 3.69. The summed E-state index contributed by atoms with van der Waals surface area (Å²) in [4.78, 5) is 0. The smallest absolute Gasteiger partial charge is 0.501 e. The van der Waals surface area contributed by atoms with E-state index in [0.717, 1.165) is 11.5 Å². The number of fused-ring (bicyclic) bond motifs is 3. The van der Waals surface area contributed by atoms with E-state index in [1.807, 2.05) is 30.3 Å². The second-order valence-electron chi connectivity index (χ2n) is 14.6. The van der Waals surface area contributed by atoms with Gasteiger partial charge in [-0.2, -0.15) is 48.7 Å². The van der Waals surface area contributed by atoms with Gasteiger partial charge in [0, 0.05) is 0 Å². The zero-order valence-corrected chi connectivity index (χ0v) is 32.9. The molecular formula is C44H56Hf. The van der Waals surface area contributed by atoms with Crippen LogP contribution in [-0.2, 0) is 36.7 Å². The van der Waals surface area contributed by atoms with Crippen molar-refractivity contribution in [2.45, 2.75) is 104 Å². The van der Waals surface area contributed by atoms with Crippen molar-refractivity contribution in [2.24, 2.45) is 5.92 Å². The van der Waals surface area contributed by atoms with E-state index in [1.54, 1.807) is 0 Å². The summed E-state index contributed by atoms with van der Waals surface area (Å²) >= 11 is 0. The Kier molecular flexibility index (Phi) is 15.3. The van der Waals surface area contributed by atoms with Crippen LogP contribution in [0.3, 0.4) is 0 Å². The van der Waals surface area contributed by atoms with Crippen LogP contribution in [0.4, 0.5) is 0 Å². The summed E-state index contributed by atoms with van der Waals surface area (Å²) in [5, 5.41) is 5.48. The Morgan fingerprint density at radius 2 is 1.20 bits per heavy atom. The molecule has 1 saturated carbocycles. The molecule has 0 nitrogen and oxygen atoms in total. The summed E-state index contributed by atoms with van der Waals surface area (Å²) in [7, 11) is 0. The van der Waals surface area contributed by atoms with E-state index in [1.165, 1.54) is 70.3 Å². The van der Waals surface area contributed by atoms with Gasteiger partial charge in [0.25, 0.3) is 0 Å². The van der Waals surface area contributed by atoms with Gasteiger partial charge in [0.05, 0.1) is 0 Å². The summed E-state index contributed by atoms with van der Waals surface area (Å²) < 4.78 is 0. The summed E-state index contributed by atoms with van der Waals surface area (Å²) in [6.45, 7) is 25.5. The third kappa shape index (κ3) is 12.2. The Labute approximate surface area is 294 Å². The maximum absolute atomic E-state index is 3.82. The second-order valence-corrected chi connectivity index (χ2v) is 14.6. The fourth-order valence-corrected chi connectivity index (χ4v) is 5.49. The first kappa shape index (κ1) is 38.5. The maximum Gasteiger partial charge on any atom is 4.00 e. The van der Waals surface area contributed by atoms with Crippen molar-refractivity contribution < 1.29 is 25.8 Å². The Hall–Kier alpha value is -2.64. The quantitative estimate of drug-likeness (QED) is 0.124. The van der Waals surface area contributed by atoms with E-state index in [-0.39, 0.29) is 36.7 Å². The van der Waals surface area contributed by atoms with Crippen molar-refractivity contribution in [1.82, 2.24) is 0 Å². The molecule has 0 saturated heterocycles. The SMILES string of the molecule is C=[C-]C1CCCCC1.CC(C)(C)c1ccc2c(c1)[cH-]c1cc(C(C)(C)C)ccc12.[CH2-]c1ccc(C(C)C)cc1.[Hf+4].c1cc[cH-]c1. The number of benzene rings is 3. The zero-order chi connectivity index (χ0) is 32.3. The largest absolute Gasteiger partial charge is 4.00 e. The van der Waals surface area contributed by atoms with Gasteiger partial charge in [-0.15, -0.1) is 51.9 Å². The van der Waals surface area contributed by atoms with Crippen LogP contribution in [0.25, 0.3) is 21.5 Å². The molecule has 0 atom stereocenters. The number of hydrogen-bond donors (Lipinski definition) is 0. The third-order valence-electron chi connectivity index (χ3n) is 8.53.